The lowest BCUT2D eigenvalue weighted by molar-refractivity contribution is -0.118. The van der Waals surface area contributed by atoms with Crippen molar-refractivity contribution in [3.05, 3.63) is 0 Å². The minimum atomic E-state index is -0.501. The van der Waals surface area contributed by atoms with Gasteiger partial charge in [-0.3, -0.25) is 4.79 Å². The summed E-state index contributed by atoms with van der Waals surface area (Å²) in [5, 5.41) is 2.61. The van der Waals surface area contributed by atoms with Crippen molar-refractivity contribution in [1.29, 1.82) is 0 Å². The van der Waals surface area contributed by atoms with Crippen LogP contribution >= 0.6 is 21.0 Å². The maximum Gasteiger partial charge on any atom is 0.229 e. The van der Waals surface area contributed by atoms with E-state index in [1.54, 1.807) is 0 Å². The molecule has 0 rings (SSSR count). The van der Waals surface area contributed by atoms with Crippen molar-refractivity contribution in [2.45, 2.75) is 5.68 Å². The molecule has 2 atom stereocenters. The zero-order chi connectivity index (χ0) is 7.98. The van der Waals surface area contributed by atoms with Crippen molar-refractivity contribution < 1.29 is 9.18 Å². The summed E-state index contributed by atoms with van der Waals surface area (Å²) in [5.74, 6) is 0.0834. The summed E-state index contributed by atoms with van der Waals surface area (Å²) in [5.41, 5.74) is 0.0627. The molecule has 0 aliphatic heterocycles. The normalized spacial score (nSPS) is 12.6. The molecule has 0 saturated heterocycles. The molecule has 0 aromatic rings. The van der Waals surface area contributed by atoms with E-state index in [0.717, 1.165) is 11.8 Å². The molecular formula is C4H10BFNOPS. The van der Waals surface area contributed by atoms with Crippen molar-refractivity contribution in [3.63, 3.8) is 0 Å². The summed E-state index contributed by atoms with van der Waals surface area (Å²) < 4.78 is 11.5. The van der Waals surface area contributed by atoms with E-state index in [1.165, 1.54) is 0 Å². The number of hydrogen-bond acceptors (Lipinski definition) is 2. The van der Waals surface area contributed by atoms with Crippen molar-refractivity contribution in [2.24, 2.45) is 0 Å². The second-order valence-electron chi connectivity index (χ2n) is 1.81. The zero-order valence-electron chi connectivity index (χ0n) is 5.76. The van der Waals surface area contributed by atoms with Gasteiger partial charge in [0.1, 0.15) is 13.9 Å². The van der Waals surface area contributed by atoms with Crippen LogP contribution in [0.5, 0.6) is 0 Å². The quantitative estimate of drug-likeness (QED) is 0.469. The van der Waals surface area contributed by atoms with Crippen LogP contribution in [0.4, 0.5) is 4.39 Å². The minimum Gasteiger partial charge on any atom is -0.357 e. The molecule has 0 bridgehead atoms. The Balaban J connectivity index is 3.26. The third-order valence-corrected chi connectivity index (χ3v) is 1.49. The number of carbonyl (C=O) groups excluding carboxylic acids is 1. The number of amides is 1. The first kappa shape index (κ1) is 10.2. The fourth-order valence-electron chi connectivity index (χ4n) is 0.427. The maximum absolute atomic E-state index is 11.5. The van der Waals surface area contributed by atoms with Crippen molar-refractivity contribution in [3.8, 4) is 0 Å². The average Bonchev–Trinajstić information content (AvgIpc) is 1.82. The first-order valence-electron chi connectivity index (χ1n) is 2.85. The van der Waals surface area contributed by atoms with Gasteiger partial charge in [-0.05, 0) is 0 Å². The van der Waals surface area contributed by atoms with Crippen LogP contribution in [0.2, 0.25) is 0 Å². The van der Waals surface area contributed by atoms with Crippen LogP contribution in [0.15, 0.2) is 0 Å². The summed E-state index contributed by atoms with van der Waals surface area (Å²) in [6.07, 6.45) is 0. The largest absolute Gasteiger partial charge is 0.357 e. The molecule has 2 unspecified atom stereocenters. The van der Waals surface area contributed by atoms with Crippen LogP contribution in [0.1, 0.15) is 0 Å². The van der Waals surface area contributed by atoms with Crippen LogP contribution in [0.25, 0.3) is 0 Å². The van der Waals surface area contributed by atoms with Gasteiger partial charge in [0.15, 0.2) is 0 Å². The van der Waals surface area contributed by atoms with Crippen LogP contribution in [0.3, 0.4) is 0 Å². The summed E-state index contributed by atoms with van der Waals surface area (Å²) in [6.45, 7) is 0. The first-order valence-corrected chi connectivity index (χ1v) is 4.67. The number of halogens is 1. The molecule has 58 valence electrons. The van der Waals surface area contributed by atoms with E-state index in [2.05, 4.69) is 14.6 Å². The summed E-state index contributed by atoms with van der Waals surface area (Å²) in [7, 11) is 4.27. The lowest BCUT2D eigenvalue weighted by Crippen LogP contribution is -2.31. The van der Waals surface area contributed by atoms with Gasteiger partial charge in [0.05, 0.1) is 5.75 Å². The van der Waals surface area contributed by atoms with E-state index >= 15 is 0 Å². The highest BCUT2D eigenvalue weighted by Crippen LogP contribution is 1.99. The second kappa shape index (κ2) is 5.99. The lowest BCUT2D eigenvalue weighted by Gasteiger charge is -2.05. The fourth-order valence-corrected chi connectivity index (χ4v) is 0.959. The van der Waals surface area contributed by atoms with Crippen molar-refractivity contribution in [1.82, 2.24) is 5.32 Å². The van der Waals surface area contributed by atoms with Crippen LogP contribution in [-0.2, 0) is 4.79 Å². The lowest BCUT2D eigenvalue weighted by atomic mass is 10.1. The van der Waals surface area contributed by atoms with E-state index < -0.39 is 6.01 Å². The Morgan fingerprint density at radius 3 is 2.90 bits per heavy atom. The predicted molar refractivity (Wildman–Crippen MR) is 48.6 cm³/mol. The fraction of sp³-hybridized carbons (Fsp3) is 0.750. The Morgan fingerprint density at radius 2 is 2.50 bits per heavy atom. The summed E-state index contributed by atoms with van der Waals surface area (Å²) in [6, 6.07) is -0.501. The third kappa shape index (κ3) is 6.37. The third-order valence-electron chi connectivity index (χ3n) is 0.699. The molecule has 1 amide bonds. The van der Waals surface area contributed by atoms with Gasteiger partial charge >= 0.3 is 0 Å². The predicted octanol–water partition coefficient (Wildman–Crippen LogP) is -0.445. The molecule has 10 heavy (non-hydrogen) atoms. The average molecular weight is 180 g/mol. The van der Waals surface area contributed by atoms with Crippen molar-refractivity contribution >= 4 is 34.8 Å². The molecule has 0 fully saturated rings. The second-order valence-corrected chi connectivity index (χ2v) is 3.73. The van der Waals surface area contributed by atoms with Gasteiger partial charge < -0.3 is 5.32 Å². The standard InChI is InChI=1S/C4H10BFNOPS/c5-4(9)7-3(8)1-10-2-6/h4H,1-2,5,9H2,(H,7,8)/i6-1. The molecule has 0 saturated carbocycles. The van der Waals surface area contributed by atoms with Gasteiger partial charge in [-0.1, -0.05) is 0 Å². The number of thioether (sulfide) groups is 1. The molecule has 6 heteroatoms. The van der Waals surface area contributed by atoms with Crippen LogP contribution in [0, 0.1) is 0 Å². The van der Waals surface area contributed by atoms with E-state index in [4.69, 9.17) is 0 Å². The van der Waals surface area contributed by atoms with Gasteiger partial charge in [-0.15, -0.1) is 21.0 Å². The number of nitrogens with one attached hydrogen (secondary N) is 1. The number of alkyl halides is 1. The smallest absolute Gasteiger partial charge is 0.229 e. The Labute approximate surface area is 67.3 Å². The van der Waals surface area contributed by atoms with E-state index in [9.17, 15) is 9.18 Å². The number of carbonyl (C=O) groups is 1. The highest BCUT2D eigenvalue weighted by molar-refractivity contribution is 7.99. The molecule has 0 heterocycles. The Morgan fingerprint density at radius 1 is 1.90 bits per heavy atom. The van der Waals surface area contributed by atoms with Gasteiger partial charge in [-0.2, -0.15) is 0 Å². The van der Waals surface area contributed by atoms with E-state index in [0.29, 0.717) is 0 Å². The van der Waals surface area contributed by atoms with Crippen LogP contribution < -0.4 is 5.32 Å². The Hall–Kier alpha value is 0.245. The molecule has 1 N–H and O–H groups in total. The van der Waals surface area contributed by atoms with Gasteiger partial charge in [0.2, 0.25) is 5.91 Å². The monoisotopic (exact) mass is 180 g/mol. The summed E-state index contributed by atoms with van der Waals surface area (Å²) >= 11 is 0.970. The summed E-state index contributed by atoms with van der Waals surface area (Å²) in [4.78, 5) is 10.7. The van der Waals surface area contributed by atoms with Gasteiger partial charge in [-0.25, -0.2) is 4.39 Å². The highest BCUT2D eigenvalue weighted by atomic mass is 32.2. The number of rotatable bonds is 4. The molecular weight excluding hydrogens is 170 g/mol. The molecule has 0 radical (unpaired) electrons. The van der Waals surface area contributed by atoms with Crippen LogP contribution in [-0.4, -0.2) is 31.2 Å². The van der Waals surface area contributed by atoms with E-state index in [1.807, 2.05) is 7.85 Å². The van der Waals surface area contributed by atoms with E-state index in [-0.39, 0.29) is 17.3 Å². The SMILES string of the molecule is BC(P)NC(=O)CSC[18F]. The number of hydrogen-bond donors (Lipinski definition) is 1. The Kier molecular flexibility index (Phi) is 6.13. The molecule has 0 aliphatic carbocycles. The molecule has 2 nitrogen and oxygen atoms in total. The molecule has 0 aromatic heterocycles. The molecule has 0 aliphatic rings. The minimum absolute atomic E-state index is 0.0627. The zero-order valence-corrected chi connectivity index (χ0v) is 7.73. The Bertz CT molecular complexity index is 115. The van der Waals surface area contributed by atoms with Gasteiger partial charge in [0.25, 0.3) is 0 Å². The molecule has 0 aromatic carbocycles. The first-order chi connectivity index (χ1) is 4.66. The molecule has 0 spiro atoms. The topological polar surface area (TPSA) is 29.1 Å². The van der Waals surface area contributed by atoms with Crippen molar-refractivity contribution in [2.75, 3.05) is 11.8 Å². The highest BCUT2D eigenvalue weighted by Gasteiger charge is 2.01. The van der Waals surface area contributed by atoms with Gasteiger partial charge in [0, 0.05) is 5.68 Å². The maximum atomic E-state index is 11.5.